The molecule has 0 N–H and O–H groups in total. The monoisotopic (exact) mass is 226 g/mol. The summed E-state index contributed by atoms with van der Waals surface area (Å²) in [7, 11) is 0. The first-order valence-electron chi connectivity index (χ1n) is 1.97. The molecule has 2 heteroatoms. The van der Waals surface area contributed by atoms with E-state index >= 15 is 0 Å². The minimum atomic E-state index is 0. The third kappa shape index (κ3) is 9.37. The van der Waals surface area contributed by atoms with Crippen LogP contribution in [0.15, 0.2) is 0 Å². The summed E-state index contributed by atoms with van der Waals surface area (Å²) >= 11 is 2.39. The summed E-state index contributed by atoms with van der Waals surface area (Å²) in [6, 6.07) is 0. The van der Waals surface area contributed by atoms with Gasteiger partial charge in [0.1, 0.15) is 0 Å². The molecule has 0 bridgehead atoms. The van der Waals surface area contributed by atoms with Crippen LogP contribution in [0.4, 0.5) is 0 Å². The molecule has 0 aromatic rings. The van der Waals surface area contributed by atoms with Crippen molar-refractivity contribution in [3.05, 3.63) is 0 Å². The molecule has 0 heterocycles. The van der Waals surface area contributed by atoms with Crippen LogP contribution < -0.4 is 0 Å². The van der Waals surface area contributed by atoms with Crippen LogP contribution in [0, 0.1) is 0 Å². The van der Waals surface area contributed by atoms with E-state index in [0.29, 0.717) is 0 Å². The number of alkyl halides is 1. The first-order valence-corrected chi connectivity index (χ1v) is 3.50. The molecule has 0 nitrogen and oxygen atoms in total. The Balaban J connectivity index is 0. The van der Waals surface area contributed by atoms with Crippen molar-refractivity contribution in [1.82, 2.24) is 0 Å². The fourth-order valence-corrected chi connectivity index (χ4v) is 0.896. The normalized spacial score (nSPS) is 7.00. The molecule has 0 aliphatic carbocycles. The van der Waals surface area contributed by atoms with Crippen LogP contribution in [0.2, 0.25) is 0 Å². The van der Waals surface area contributed by atoms with Gasteiger partial charge in [-0.2, -0.15) is 0 Å². The molecule has 0 spiro atoms. The number of halogens is 1. The summed E-state index contributed by atoms with van der Waals surface area (Å²) in [4.78, 5) is 0. The van der Waals surface area contributed by atoms with E-state index in [1.54, 1.807) is 0 Å². The number of hydrogen-bond donors (Lipinski definition) is 0. The molecular formula is C4H11CaI. The first kappa shape index (κ1) is 10.9. The molecular weight excluding hydrogens is 215 g/mol. The van der Waals surface area contributed by atoms with Gasteiger partial charge in [-0.25, -0.2) is 0 Å². The Bertz CT molecular complexity index is 15.0. The third-order valence-electron chi connectivity index (χ3n) is 0.487. The molecule has 0 saturated carbocycles. The topological polar surface area (TPSA) is 0 Å². The standard InChI is InChI=1S/C4H9I.Ca.2H/c1-2-3-4-5;;;/h2-4H2,1H3;;;. The Kier molecular flexibility index (Phi) is 18.3. The average Bonchev–Trinajstić information content (AvgIpc) is 1.41. The fraction of sp³-hybridized carbons (Fsp3) is 1.00. The van der Waals surface area contributed by atoms with Gasteiger partial charge in [0.15, 0.2) is 0 Å². The molecule has 6 heavy (non-hydrogen) atoms. The van der Waals surface area contributed by atoms with Crippen LogP contribution in [0.3, 0.4) is 0 Å². The number of unbranched alkanes of at least 4 members (excludes halogenated alkanes) is 1. The van der Waals surface area contributed by atoms with E-state index in [1.165, 1.54) is 17.3 Å². The summed E-state index contributed by atoms with van der Waals surface area (Å²) in [5.74, 6) is 0. The van der Waals surface area contributed by atoms with Gasteiger partial charge in [0.25, 0.3) is 0 Å². The van der Waals surface area contributed by atoms with Crippen LogP contribution in [0.5, 0.6) is 0 Å². The Hall–Kier alpha value is 1.99. The van der Waals surface area contributed by atoms with Gasteiger partial charge in [-0.15, -0.1) is 0 Å². The summed E-state index contributed by atoms with van der Waals surface area (Å²) in [5.41, 5.74) is 0. The van der Waals surface area contributed by atoms with Crippen molar-refractivity contribution in [3.63, 3.8) is 0 Å². The van der Waals surface area contributed by atoms with Crippen molar-refractivity contribution in [1.29, 1.82) is 0 Å². The van der Waals surface area contributed by atoms with Crippen LogP contribution in [-0.2, 0) is 0 Å². The van der Waals surface area contributed by atoms with Gasteiger partial charge in [0.05, 0.1) is 0 Å². The summed E-state index contributed by atoms with van der Waals surface area (Å²) in [6.07, 6.45) is 2.71. The average molecular weight is 226 g/mol. The van der Waals surface area contributed by atoms with Crippen molar-refractivity contribution >= 4 is 60.3 Å². The molecule has 0 aromatic heterocycles. The second-order valence-electron chi connectivity index (χ2n) is 1.04. The summed E-state index contributed by atoms with van der Waals surface area (Å²) in [6.45, 7) is 2.21. The van der Waals surface area contributed by atoms with Crippen LogP contribution >= 0.6 is 22.6 Å². The van der Waals surface area contributed by atoms with Crippen molar-refractivity contribution in [2.24, 2.45) is 0 Å². The van der Waals surface area contributed by atoms with Crippen molar-refractivity contribution < 1.29 is 0 Å². The molecule has 0 radical (unpaired) electrons. The zero-order chi connectivity index (χ0) is 4.12. The van der Waals surface area contributed by atoms with Gasteiger partial charge in [0, 0.05) is 0 Å². The van der Waals surface area contributed by atoms with Gasteiger partial charge in [-0.3, -0.25) is 0 Å². The molecule has 0 aliphatic heterocycles. The van der Waals surface area contributed by atoms with Crippen molar-refractivity contribution in [2.75, 3.05) is 4.43 Å². The van der Waals surface area contributed by atoms with E-state index in [1.807, 2.05) is 0 Å². The Labute approximate surface area is 83.2 Å². The zero-order valence-corrected chi connectivity index (χ0v) is 5.66. The molecule has 0 fully saturated rings. The molecule has 36 valence electrons. The van der Waals surface area contributed by atoms with Gasteiger partial charge < -0.3 is 0 Å². The maximum absolute atomic E-state index is 2.39. The second kappa shape index (κ2) is 10.1. The van der Waals surface area contributed by atoms with Gasteiger partial charge in [-0.05, 0) is 10.8 Å². The molecule has 0 amide bonds. The van der Waals surface area contributed by atoms with E-state index in [0.717, 1.165) is 0 Å². The van der Waals surface area contributed by atoms with E-state index in [4.69, 9.17) is 0 Å². The molecule has 0 aliphatic rings. The molecule has 0 saturated heterocycles. The Morgan fingerprint density at radius 3 is 2.00 bits per heavy atom. The van der Waals surface area contributed by atoms with Gasteiger partial charge in [0.2, 0.25) is 0 Å². The van der Waals surface area contributed by atoms with Crippen molar-refractivity contribution in [2.45, 2.75) is 19.8 Å². The fourth-order valence-electron chi connectivity index (χ4n) is 0.134. The SMILES string of the molecule is CCCCI.[CaH2]. The van der Waals surface area contributed by atoms with Crippen LogP contribution in [0.25, 0.3) is 0 Å². The Morgan fingerprint density at radius 1 is 1.50 bits per heavy atom. The van der Waals surface area contributed by atoms with Crippen molar-refractivity contribution in [3.8, 4) is 0 Å². The van der Waals surface area contributed by atoms with Gasteiger partial charge in [-0.1, -0.05) is 35.9 Å². The molecule has 0 atom stereocenters. The predicted octanol–water partition coefficient (Wildman–Crippen LogP) is 1.31. The quantitative estimate of drug-likeness (QED) is 0.378. The Morgan fingerprint density at radius 2 is 2.00 bits per heavy atom. The van der Waals surface area contributed by atoms with Crippen LogP contribution in [0.1, 0.15) is 19.8 Å². The summed E-state index contributed by atoms with van der Waals surface area (Å²) < 4.78 is 1.31. The predicted molar refractivity (Wildman–Crippen MR) is 42.3 cm³/mol. The van der Waals surface area contributed by atoms with E-state index in [9.17, 15) is 0 Å². The van der Waals surface area contributed by atoms with E-state index in [2.05, 4.69) is 29.5 Å². The summed E-state index contributed by atoms with van der Waals surface area (Å²) in [5, 5.41) is 0. The second-order valence-corrected chi connectivity index (χ2v) is 2.12. The minimum absolute atomic E-state index is 0. The zero-order valence-electron chi connectivity index (χ0n) is 3.50. The van der Waals surface area contributed by atoms with Crippen LogP contribution in [-0.4, -0.2) is 42.2 Å². The van der Waals surface area contributed by atoms with E-state index < -0.39 is 0 Å². The molecule has 0 aromatic carbocycles. The maximum atomic E-state index is 2.39. The number of rotatable bonds is 2. The van der Waals surface area contributed by atoms with E-state index in [-0.39, 0.29) is 37.7 Å². The van der Waals surface area contributed by atoms with Gasteiger partial charge >= 0.3 is 37.7 Å². The first-order chi connectivity index (χ1) is 2.41. The number of hydrogen-bond acceptors (Lipinski definition) is 0. The third-order valence-corrected chi connectivity index (χ3v) is 1.25. The molecule has 0 unspecified atom stereocenters. The molecule has 0 rings (SSSR count).